The van der Waals surface area contributed by atoms with E-state index >= 15 is 0 Å². The Morgan fingerprint density at radius 3 is 2.81 bits per heavy atom. The van der Waals surface area contributed by atoms with Gasteiger partial charge in [-0.25, -0.2) is 9.97 Å². The summed E-state index contributed by atoms with van der Waals surface area (Å²) in [5.74, 6) is 0.537. The summed E-state index contributed by atoms with van der Waals surface area (Å²) in [6.45, 7) is 3.60. The first kappa shape index (κ1) is 17.3. The molecule has 1 amide bonds. The first-order valence-corrected chi connectivity index (χ1v) is 9.22. The van der Waals surface area contributed by atoms with Gasteiger partial charge in [0, 0.05) is 31.7 Å². The van der Waals surface area contributed by atoms with Crippen LogP contribution < -0.4 is 4.90 Å². The number of fused-ring (bicyclic) bond motifs is 1. The summed E-state index contributed by atoms with van der Waals surface area (Å²) in [7, 11) is 0. The van der Waals surface area contributed by atoms with Crippen molar-refractivity contribution in [1.29, 1.82) is 0 Å². The fraction of sp³-hybridized carbons (Fsp3) is 0.471. The van der Waals surface area contributed by atoms with Crippen molar-refractivity contribution in [2.75, 3.05) is 24.5 Å². The van der Waals surface area contributed by atoms with Gasteiger partial charge in [-0.15, -0.1) is 11.3 Å². The highest BCUT2D eigenvalue weighted by Crippen LogP contribution is 2.36. The third-order valence-electron chi connectivity index (χ3n) is 5.15. The van der Waals surface area contributed by atoms with Crippen LogP contribution in [0.3, 0.4) is 0 Å². The van der Waals surface area contributed by atoms with Gasteiger partial charge in [0.05, 0.1) is 22.8 Å². The summed E-state index contributed by atoms with van der Waals surface area (Å²) < 4.78 is 38.8. The zero-order chi connectivity index (χ0) is 18.5. The molecule has 0 aromatic carbocycles. The third-order valence-corrected chi connectivity index (χ3v) is 6.06. The topological polar surface area (TPSA) is 49.3 Å². The number of hydrogen-bond donors (Lipinski definition) is 0. The molecular weight excluding hydrogens is 365 g/mol. The number of rotatable bonds is 2. The normalized spacial score (nSPS) is 22.8. The van der Waals surface area contributed by atoms with Crippen molar-refractivity contribution in [2.24, 2.45) is 5.92 Å². The second-order valence-corrected chi connectivity index (χ2v) is 7.54. The number of likely N-dealkylation sites (tertiary alicyclic amines) is 1. The predicted octanol–water partition coefficient (Wildman–Crippen LogP) is 3.22. The SMILES string of the molecule is Cc1ncsc1C(=O)N1CCC2CN(c3cc(C(F)(F)F)ccn3)CC21. The predicted molar refractivity (Wildman–Crippen MR) is 91.2 cm³/mol. The van der Waals surface area contributed by atoms with Crippen LogP contribution in [0.4, 0.5) is 19.0 Å². The molecule has 4 rings (SSSR count). The number of alkyl halides is 3. The fourth-order valence-corrected chi connectivity index (χ4v) is 4.56. The van der Waals surface area contributed by atoms with Crippen LogP contribution >= 0.6 is 11.3 Å². The summed E-state index contributed by atoms with van der Waals surface area (Å²) in [5.41, 5.74) is 1.68. The quantitative estimate of drug-likeness (QED) is 0.800. The van der Waals surface area contributed by atoms with Gasteiger partial charge < -0.3 is 9.80 Å². The highest BCUT2D eigenvalue weighted by atomic mass is 32.1. The van der Waals surface area contributed by atoms with E-state index in [2.05, 4.69) is 9.97 Å². The van der Waals surface area contributed by atoms with Crippen molar-refractivity contribution in [1.82, 2.24) is 14.9 Å². The van der Waals surface area contributed by atoms with E-state index in [9.17, 15) is 18.0 Å². The molecule has 0 bridgehead atoms. The van der Waals surface area contributed by atoms with Crippen molar-refractivity contribution in [3.8, 4) is 0 Å². The van der Waals surface area contributed by atoms with E-state index in [1.807, 2.05) is 16.7 Å². The Morgan fingerprint density at radius 1 is 1.31 bits per heavy atom. The number of anilines is 1. The average molecular weight is 382 g/mol. The minimum absolute atomic E-state index is 0.000317. The minimum Gasteiger partial charge on any atom is -0.354 e. The Bertz CT molecular complexity index is 837. The summed E-state index contributed by atoms with van der Waals surface area (Å²) >= 11 is 1.33. The van der Waals surface area contributed by atoms with Gasteiger partial charge in [0.15, 0.2) is 0 Å². The van der Waals surface area contributed by atoms with E-state index < -0.39 is 11.7 Å². The zero-order valence-corrected chi connectivity index (χ0v) is 14.8. The lowest BCUT2D eigenvalue weighted by molar-refractivity contribution is -0.137. The van der Waals surface area contributed by atoms with Crippen LogP contribution in [0.15, 0.2) is 23.8 Å². The lowest BCUT2D eigenvalue weighted by atomic mass is 10.1. The number of carbonyl (C=O) groups is 1. The molecule has 138 valence electrons. The van der Waals surface area contributed by atoms with Crippen LogP contribution in [-0.4, -0.2) is 46.5 Å². The lowest BCUT2D eigenvalue weighted by Gasteiger charge is -2.25. The monoisotopic (exact) mass is 382 g/mol. The van der Waals surface area contributed by atoms with Gasteiger partial charge in [0.1, 0.15) is 10.7 Å². The molecule has 2 unspecified atom stereocenters. The highest BCUT2D eigenvalue weighted by molar-refractivity contribution is 7.11. The molecule has 0 spiro atoms. The highest BCUT2D eigenvalue weighted by Gasteiger charge is 2.44. The number of hydrogen-bond acceptors (Lipinski definition) is 5. The largest absolute Gasteiger partial charge is 0.416 e. The molecular formula is C17H17F3N4OS. The second-order valence-electron chi connectivity index (χ2n) is 6.69. The Labute approximate surface area is 152 Å². The van der Waals surface area contributed by atoms with Gasteiger partial charge >= 0.3 is 6.18 Å². The van der Waals surface area contributed by atoms with Crippen LogP contribution in [0.5, 0.6) is 0 Å². The average Bonchev–Trinajstić information content (AvgIpc) is 3.28. The van der Waals surface area contributed by atoms with E-state index in [1.54, 1.807) is 5.51 Å². The molecule has 2 aromatic rings. The van der Waals surface area contributed by atoms with Gasteiger partial charge in [0.25, 0.3) is 5.91 Å². The summed E-state index contributed by atoms with van der Waals surface area (Å²) in [6, 6.07) is 2.06. The van der Waals surface area contributed by atoms with E-state index in [-0.39, 0.29) is 17.9 Å². The van der Waals surface area contributed by atoms with Crippen molar-refractivity contribution in [2.45, 2.75) is 25.6 Å². The molecule has 26 heavy (non-hydrogen) atoms. The third kappa shape index (κ3) is 2.94. The van der Waals surface area contributed by atoms with E-state index in [4.69, 9.17) is 0 Å². The van der Waals surface area contributed by atoms with Gasteiger partial charge in [-0.3, -0.25) is 4.79 Å². The number of amides is 1. The van der Waals surface area contributed by atoms with Gasteiger partial charge in [-0.1, -0.05) is 0 Å². The van der Waals surface area contributed by atoms with Crippen LogP contribution in [0.2, 0.25) is 0 Å². The smallest absolute Gasteiger partial charge is 0.354 e. The number of pyridine rings is 1. The maximum atomic E-state index is 12.9. The maximum absolute atomic E-state index is 12.9. The van der Waals surface area contributed by atoms with E-state index in [0.717, 1.165) is 24.2 Å². The van der Waals surface area contributed by atoms with Crippen molar-refractivity contribution >= 4 is 23.1 Å². The molecule has 0 N–H and O–H groups in total. The molecule has 5 nitrogen and oxygen atoms in total. The number of nitrogens with zero attached hydrogens (tertiary/aromatic N) is 4. The van der Waals surface area contributed by atoms with Crippen molar-refractivity contribution < 1.29 is 18.0 Å². The van der Waals surface area contributed by atoms with Gasteiger partial charge in [-0.2, -0.15) is 13.2 Å². The molecule has 2 aromatic heterocycles. The number of thiazole rings is 1. The number of halogens is 3. The van der Waals surface area contributed by atoms with Crippen LogP contribution in [-0.2, 0) is 6.18 Å². The van der Waals surface area contributed by atoms with Crippen LogP contribution in [0, 0.1) is 12.8 Å². The van der Waals surface area contributed by atoms with Crippen LogP contribution in [0.1, 0.15) is 27.3 Å². The number of aromatic nitrogens is 2. The maximum Gasteiger partial charge on any atom is 0.416 e. The molecule has 2 aliphatic heterocycles. The molecule has 0 saturated carbocycles. The molecule has 2 aliphatic rings. The second kappa shape index (κ2) is 6.22. The summed E-state index contributed by atoms with van der Waals surface area (Å²) in [4.78, 5) is 25.4. The first-order chi connectivity index (χ1) is 12.3. The molecule has 0 radical (unpaired) electrons. The molecule has 0 aliphatic carbocycles. The fourth-order valence-electron chi connectivity index (χ4n) is 3.81. The summed E-state index contributed by atoms with van der Waals surface area (Å²) in [6.07, 6.45) is -2.35. The number of aryl methyl sites for hydroxylation is 1. The first-order valence-electron chi connectivity index (χ1n) is 8.34. The lowest BCUT2D eigenvalue weighted by Crippen LogP contribution is -2.39. The number of carbonyl (C=O) groups excluding carboxylic acids is 1. The molecule has 2 fully saturated rings. The summed E-state index contributed by atoms with van der Waals surface area (Å²) in [5, 5.41) is 0. The molecule has 4 heterocycles. The van der Waals surface area contributed by atoms with E-state index in [0.29, 0.717) is 30.3 Å². The Hall–Kier alpha value is -2.16. The van der Waals surface area contributed by atoms with Crippen molar-refractivity contribution in [3.05, 3.63) is 40.0 Å². The minimum atomic E-state index is -4.39. The zero-order valence-electron chi connectivity index (χ0n) is 14.0. The van der Waals surface area contributed by atoms with Gasteiger partial charge in [-0.05, 0) is 25.5 Å². The Kier molecular flexibility index (Phi) is 4.13. The van der Waals surface area contributed by atoms with Gasteiger partial charge in [0.2, 0.25) is 0 Å². The van der Waals surface area contributed by atoms with Crippen LogP contribution in [0.25, 0.3) is 0 Å². The molecule has 9 heteroatoms. The Morgan fingerprint density at radius 2 is 2.12 bits per heavy atom. The van der Waals surface area contributed by atoms with Crippen molar-refractivity contribution in [3.63, 3.8) is 0 Å². The van der Waals surface area contributed by atoms with E-state index in [1.165, 1.54) is 17.5 Å². The molecule has 2 atom stereocenters. The Balaban J connectivity index is 1.53. The standard InChI is InChI=1S/C17H17F3N4OS/c1-10-15(26-9-22-10)16(25)24-5-3-11-7-23(8-13(11)24)14-6-12(2-4-21-14)17(18,19)20/h2,4,6,9,11,13H,3,5,7-8H2,1H3. The molecule has 2 saturated heterocycles.